The molecule has 2 fully saturated rings. The van der Waals surface area contributed by atoms with Crippen molar-refractivity contribution in [2.24, 2.45) is 0 Å². The fourth-order valence-electron chi connectivity index (χ4n) is 1.98. The van der Waals surface area contributed by atoms with E-state index in [-0.39, 0.29) is 12.1 Å². The van der Waals surface area contributed by atoms with Crippen LogP contribution in [0.1, 0.15) is 33.6 Å². The van der Waals surface area contributed by atoms with E-state index in [2.05, 4.69) is 5.32 Å². The molecule has 1 saturated heterocycles. The largest absolute Gasteiger partial charge is 0.444 e. The Balaban J connectivity index is 1.84. The van der Waals surface area contributed by atoms with Crippen LogP contribution in [0.15, 0.2) is 0 Å². The first-order valence-electron chi connectivity index (χ1n) is 6.27. The van der Waals surface area contributed by atoms with Crippen molar-refractivity contribution in [2.45, 2.75) is 57.4 Å². The average molecular weight is 242 g/mol. The standard InChI is InChI=1S/C12H22N2O3/c1-12(2,3)17-11(16)14-6-9(10(15)7-14)13-8-4-5-8/h8-10,13,15H,4-7H2,1-3H3/t9-,10+/m0/s1. The van der Waals surface area contributed by atoms with Crippen molar-refractivity contribution in [3.05, 3.63) is 0 Å². The fraction of sp³-hybridized carbons (Fsp3) is 0.917. The van der Waals surface area contributed by atoms with E-state index in [0.717, 1.165) is 0 Å². The van der Waals surface area contributed by atoms with Crippen molar-refractivity contribution < 1.29 is 14.6 Å². The quantitative estimate of drug-likeness (QED) is 0.749. The van der Waals surface area contributed by atoms with Crippen LogP contribution in [0.25, 0.3) is 0 Å². The number of β-amino-alcohol motifs (C(OH)–C–C–N with tert-alkyl or cyclic N) is 1. The molecule has 1 heterocycles. The summed E-state index contributed by atoms with van der Waals surface area (Å²) < 4.78 is 5.29. The molecular formula is C12H22N2O3. The van der Waals surface area contributed by atoms with Crippen molar-refractivity contribution in [3.63, 3.8) is 0 Å². The number of likely N-dealkylation sites (tertiary alicyclic amines) is 1. The number of nitrogens with zero attached hydrogens (tertiary/aromatic N) is 1. The zero-order valence-electron chi connectivity index (χ0n) is 10.8. The van der Waals surface area contributed by atoms with Crippen LogP contribution >= 0.6 is 0 Å². The van der Waals surface area contributed by atoms with Crippen molar-refractivity contribution in [1.82, 2.24) is 10.2 Å². The molecule has 5 nitrogen and oxygen atoms in total. The average Bonchev–Trinajstić information content (AvgIpc) is 2.89. The molecule has 1 aliphatic heterocycles. The predicted octanol–water partition coefficient (Wildman–Crippen LogP) is 0.719. The number of hydrogen-bond donors (Lipinski definition) is 2. The Labute approximate surface area is 102 Å². The molecule has 0 radical (unpaired) electrons. The Morgan fingerprint density at radius 3 is 2.53 bits per heavy atom. The molecule has 2 rings (SSSR count). The van der Waals surface area contributed by atoms with Gasteiger partial charge in [0.15, 0.2) is 0 Å². The number of carbonyl (C=O) groups excluding carboxylic acids is 1. The summed E-state index contributed by atoms with van der Waals surface area (Å²) in [5.41, 5.74) is -0.482. The van der Waals surface area contributed by atoms with Crippen molar-refractivity contribution in [3.8, 4) is 0 Å². The maximum atomic E-state index is 11.8. The third kappa shape index (κ3) is 3.57. The highest BCUT2D eigenvalue weighted by atomic mass is 16.6. The van der Waals surface area contributed by atoms with Gasteiger partial charge in [0, 0.05) is 12.6 Å². The molecule has 0 bridgehead atoms. The topological polar surface area (TPSA) is 61.8 Å². The maximum absolute atomic E-state index is 11.8. The number of ether oxygens (including phenoxy) is 1. The lowest BCUT2D eigenvalue weighted by Gasteiger charge is -2.24. The molecule has 0 unspecified atom stereocenters. The van der Waals surface area contributed by atoms with E-state index in [1.807, 2.05) is 20.8 Å². The van der Waals surface area contributed by atoms with E-state index in [1.54, 1.807) is 4.90 Å². The minimum Gasteiger partial charge on any atom is -0.444 e. The van der Waals surface area contributed by atoms with Gasteiger partial charge in [0.05, 0.1) is 18.7 Å². The Morgan fingerprint density at radius 1 is 1.35 bits per heavy atom. The van der Waals surface area contributed by atoms with Crippen LogP contribution in [0.2, 0.25) is 0 Å². The van der Waals surface area contributed by atoms with Crippen LogP contribution < -0.4 is 5.32 Å². The summed E-state index contributed by atoms with van der Waals surface area (Å²) in [6.07, 6.45) is 1.53. The van der Waals surface area contributed by atoms with Gasteiger partial charge in [0.1, 0.15) is 5.60 Å². The van der Waals surface area contributed by atoms with E-state index in [9.17, 15) is 9.90 Å². The molecule has 1 saturated carbocycles. The summed E-state index contributed by atoms with van der Waals surface area (Å²) in [6.45, 7) is 6.43. The normalized spacial score (nSPS) is 29.5. The van der Waals surface area contributed by atoms with E-state index in [1.165, 1.54) is 12.8 Å². The number of aliphatic hydroxyl groups excluding tert-OH is 1. The van der Waals surface area contributed by atoms with Gasteiger partial charge in [-0.25, -0.2) is 4.79 Å². The van der Waals surface area contributed by atoms with Gasteiger partial charge in [-0.2, -0.15) is 0 Å². The molecule has 0 spiro atoms. The van der Waals surface area contributed by atoms with Gasteiger partial charge in [-0.1, -0.05) is 0 Å². The molecule has 0 aromatic carbocycles. The van der Waals surface area contributed by atoms with Gasteiger partial charge < -0.3 is 20.1 Å². The molecule has 2 aliphatic rings. The van der Waals surface area contributed by atoms with E-state index in [4.69, 9.17) is 4.74 Å². The lowest BCUT2D eigenvalue weighted by Crippen LogP contribution is -2.41. The van der Waals surface area contributed by atoms with Crippen LogP contribution in [-0.4, -0.2) is 53.0 Å². The highest BCUT2D eigenvalue weighted by Gasteiger charge is 2.38. The van der Waals surface area contributed by atoms with Crippen LogP contribution in [0, 0.1) is 0 Å². The molecule has 1 aliphatic carbocycles. The number of aliphatic hydroxyl groups is 1. The Hall–Kier alpha value is -0.810. The van der Waals surface area contributed by atoms with Crippen LogP contribution in [0.4, 0.5) is 4.79 Å². The highest BCUT2D eigenvalue weighted by molar-refractivity contribution is 5.68. The molecule has 98 valence electrons. The predicted molar refractivity (Wildman–Crippen MR) is 63.8 cm³/mol. The van der Waals surface area contributed by atoms with Gasteiger partial charge in [-0.3, -0.25) is 0 Å². The number of amides is 1. The first-order chi connectivity index (χ1) is 7.85. The lowest BCUT2D eigenvalue weighted by atomic mass is 10.2. The van der Waals surface area contributed by atoms with Gasteiger partial charge in [0.2, 0.25) is 0 Å². The van der Waals surface area contributed by atoms with Gasteiger partial charge >= 0.3 is 6.09 Å². The SMILES string of the molecule is CC(C)(C)OC(=O)N1C[C@@H](O)[C@@H](NC2CC2)C1. The lowest BCUT2D eigenvalue weighted by molar-refractivity contribution is 0.0270. The van der Waals surface area contributed by atoms with E-state index < -0.39 is 11.7 Å². The highest BCUT2D eigenvalue weighted by Crippen LogP contribution is 2.23. The molecule has 17 heavy (non-hydrogen) atoms. The van der Waals surface area contributed by atoms with Gasteiger partial charge in [0.25, 0.3) is 0 Å². The maximum Gasteiger partial charge on any atom is 0.410 e. The monoisotopic (exact) mass is 242 g/mol. The second-order valence-electron chi connectivity index (χ2n) is 6.00. The first-order valence-corrected chi connectivity index (χ1v) is 6.27. The van der Waals surface area contributed by atoms with E-state index >= 15 is 0 Å². The van der Waals surface area contributed by atoms with Crippen LogP contribution in [0.3, 0.4) is 0 Å². The second kappa shape index (κ2) is 4.46. The zero-order valence-corrected chi connectivity index (χ0v) is 10.8. The summed E-state index contributed by atoms with van der Waals surface area (Å²) in [7, 11) is 0. The summed E-state index contributed by atoms with van der Waals surface area (Å²) in [4.78, 5) is 13.4. The number of nitrogens with one attached hydrogen (secondary N) is 1. The van der Waals surface area contributed by atoms with Gasteiger partial charge in [-0.15, -0.1) is 0 Å². The molecule has 2 N–H and O–H groups in total. The van der Waals surface area contributed by atoms with E-state index in [0.29, 0.717) is 19.1 Å². The Bertz CT molecular complexity index is 297. The first kappa shape index (κ1) is 12.6. The number of hydrogen-bond acceptors (Lipinski definition) is 4. The third-order valence-corrected chi connectivity index (χ3v) is 2.97. The Kier molecular flexibility index (Phi) is 3.32. The molecule has 0 aromatic heterocycles. The number of rotatable bonds is 2. The fourth-order valence-corrected chi connectivity index (χ4v) is 1.98. The smallest absolute Gasteiger partial charge is 0.410 e. The third-order valence-electron chi connectivity index (χ3n) is 2.97. The summed E-state index contributed by atoms with van der Waals surface area (Å²) in [6, 6.07) is 0.531. The summed E-state index contributed by atoms with van der Waals surface area (Å²) >= 11 is 0. The van der Waals surface area contributed by atoms with Crippen LogP contribution in [-0.2, 0) is 4.74 Å². The minimum absolute atomic E-state index is 0.00461. The minimum atomic E-state index is -0.483. The van der Waals surface area contributed by atoms with Gasteiger partial charge in [-0.05, 0) is 33.6 Å². The van der Waals surface area contributed by atoms with Crippen molar-refractivity contribution in [2.75, 3.05) is 13.1 Å². The van der Waals surface area contributed by atoms with Crippen molar-refractivity contribution in [1.29, 1.82) is 0 Å². The molecule has 0 aromatic rings. The molecular weight excluding hydrogens is 220 g/mol. The molecule has 5 heteroatoms. The molecule has 1 amide bonds. The summed E-state index contributed by atoms with van der Waals surface area (Å²) in [5, 5.41) is 13.2. The zero-order chi connectivity index (χ0) is 12.6. The van der Waals surface area contributed by atoms with Crippen molar-refractivity contribution >= 4 is 6.09 Å². The number of carbonyl (C=O) groups is 1. The molecule has 2 atom stereocenters. The second-order valence-corrected chi connectivity index (χ2v) is 6.00. The summed E-state index contributed by atoms with van der Waals surface area (Å²) in [5.74, 6) is 0. The van der Waals surface area contributed by atoms with Crippen LogP contribution in [0.5, 0.6) is 0 Å². The Morgan fingerprint density at radius 2 is 2.00 bits per heavy atom.